The maximum atomic E-state index is 9.98. The average Bonchev–Trinajstić information content (AvgIpc) is 2.72. The van der Waals surface area contributed by atoms with Gasteiger partial charge in [-0.3, -0.25) is 4.90 Å². The second-order valence-electron chi connectivity index (χ2n) is 6.64. The molecule has 1 aromatic rings. The summed E-state index contributed by atoms with van der Waals surface area (Å²) in [6, 6.07) is 6.48. The van der Waals surface area contributed by atoms with E-state index in [9.17, 15) is 5.11 Å². The largest absolute Gasteiger partial charge is 0.508 e. The average molecular weight is 261 g/mol. The first-order valence-electron chi connectivity index (χ1n) is 7.53. The number of phenolic OH excluding ortho intramolecular Hbond substituents is 1. The minimum Gasteiger partial charge on any atom is -0.508 e. The second-order valence-corrected chi connectivity index (χ2v) is 6.64. The molecule has 2 rings (SSSR count). The van der Waals surface area contributed by atoms with Gasteiger partial charge in [0.15, 0.2) is 0 Å². The van der Waals surface area contributed by atoms with Gasteiger partial charge in [0, 0.05) is 19.1 Å². The molecule has 106 valence electrons. The van der Waals surface area contributed by atoms with Crippen LogP contribution >= 0.6 is 0 Å². The van der Waals surface area contributed by atoms with Crippen LogP contribution in [-0.4, -0.2) is 23.1 Å². The Balaban J connectivity index is 2.23. The predicted molar refractivity (Wildman–Crippen MR) is 80.4 cm³/mol. The monoisotopic (exact) mass is 261 g/mol. The molecule has 0 aromatic heterocycles. The molecular formula is C17H27NO. The zero-order valence-corrected chi connectivity index (χ0v) is 12.7. The normalized spacial score (nSPS) is 18.6. The summed E-state index contributed by atoms with van der Waals surface area (Å²) in [6.45, 7) is 11.4. The molecular weight excluding hydrogens is 234 g/mol. The van der Waals surface area contributed by atoms with E-state index in [0.717, 1.165) is 25.9 Å². The van der Waals surface area contributed by atoms with Crippen molar-refractivity contribution in [2.24, 2.45) is 11.8 Å². The second kappa shape index (κ2) is 5.96. The first-order chi connectivity index (χ1) is 8.99. The van der Waals surface area contributed by atoms with Crippen molar-refractivity contribution in [2.45, 2.75) is 46.6 Å². The third kappa shape index (κ3) is 3.30. The molecule has 2 heteroatoms. The van der Waals surface area contributed by atoms with Crippen molar-refractivity contribution in [2.75, 3.05) is 13.1 Å². The van der Waals surface area contributed by atoms with E-state index in [1.54, 1.807) is 0 Å². The lowest BCUT2D eigenvalue weighted by Crippen LogP contribution is -2.34. The van der Waals surface area contributed by atoms with Gasteiger partial charge < -0.3 is 5.11 Å². The van der Waals surface area contributed by atoms with Crippen molar-refractivity contribution < 1.29 is 5.11 Å². The summed E-state index contributed by atoms with van der Waals surface area (Å²) in [5, 5.41) is 9.98. The lowest BCUT2D eigenvalue weighted by molar-refractivity contribution is 0.156. The molecule has 0 amide bonds. The Hall–Kier alpha value is -1.02. The van der Waals surface area contributed by atoms with Gasteiger partial charge in [0.25, 0.3) is 0 Å². The van der Waals surface area contributed by atoms with Gasteiger partial charge in [-0.2, -0.15) is 0 Å². The minimum absolute atomic E-state index is 0.481. The smallest absolute Gasteiger partial charge is 0.119 e. The number of fused-ring (bicyclic) bond motifs is 1. The summed E-state index contributed by atoms with van der Waals surface area (Å²) < 4.78 is 0. The van der Waals surface area contributed by atoms with E-state index < -0.39 is 0 Å². The van der Waals surface area contributed by atoms with Crippen molar-refractivity contribution in [1.82, 2.24) is 4.90 Å². The van der Waals surface area contributed by atoms with Gasteiger partial charge in [0.1, 0.15) is 5.75 Å². The highest BCUT2D eigenvalue weighted by Crippen LogP contribution is 2.40. The number of phenols is 1. The summed E-state index contributed by atoms with van der Waals surface area (Å²) in [5.74, 6) is 1.84. The summed E-state index contributed by atoms with van der Waals surface area (Å²) >= 11 is 0. The molecule has 1 atom stereocenters. The molecule has 0 heterocycles. The fourth-order valence-electron chi connectivity index (χ4n) is 3.26. The zero-order chi connectivity index (χ0) is 14.0. The van der Waals surface area contributed by atoms with Crippen LogP contribution in [0.2, 0.25) is 0 Å². The van der Waals surface area contributed by atoms with Crippen LogP contribution < -0.4 is 0 Å². The molecule has 0 radical (unpaired) electrons. The molecule has 0 saturated heterocycles. The number of benzene rings is 1. The van der Waals surface area contributed by atoms with Crippen molar-refractivity contribution >= 4 is 0 Å². The lowest BCUT2D eigenvalue weighted by Gasteiger charge is -2.32. The molecule has 2 nitrogen and oxygen atoms in total. The van der Waals surface area contributed by atoms with Gasteiger partial charge >= 0.3 is 0 Å². The lowest BCUT2D eigenvalue weighted by atomic mass is 10.0. The molecule has 1 N–H and O–H groups in total. The van der Waals surface area contributed by atoms with Gasteiger partial charge in [-0.1, -0.05) is 39.8 Å². The maximum absolute atomic E-state index is 9.98. The van der Waals surface area contributed by atoms with Crippen LogP contribution in [0.4, 0.5) is 0 Å². The van der Waals surface area contributed by atoms with E-state index in [-0.39, 0.29) is 0 Å². The molecule has 1 aromatic carbocycles. The Kier molecular flexibility index (Phi) is 4.51. The number of aromatic hydroxyl groups is 1. The summed E-state index contributed by atoms with van der Waals surface area (Å²) in [5.41, 5.74) is 2.52. The highest BCUT2D eigenvalue weighted by molar-refractivity contribution is 5.44. The van der Waals surface area contributed by atoms with Crippen LogP contribution in [0.1, 0.15) is 51.3 Å². The van der Waals surface area contributed by atoms with Gasteiger partial charge in [-0.15, -0.1) is 0 Å². The standard InChI is InChI=1S/C17H27NO/c1-12(2)10-18(11-13(3)4)16-9-8-15-14(16)6-5-7-17(15)19/h5-7,12-13,16,19H,8-11H2,1-4H3. The summed E-state index contributed by atoms with van der Waals surface area (Å²) in [7, 11) is 0. The Morgan fingerprint density at radius 3 is 2.37 bits per heavy atom. The Bertz CT molecular complexity index is 415. The van der Waals surface area contributed by atoms with Crippen LogP contribution in [0.15, 0.2) is 18.2 Å². The van der Waals surface area contributed by atoms with E-state index in [2.05, 4.69) is 38.7 Å². The third-order valence-electron chi connectivity index (χ3n) is 3.85. The fourth-order valence-corrected chi connectivity index (χ4v) is 3.26. The maximum Gasteiger partial charge on any atom is 0.119 e. The fraction of sp³-hybridized carbons (Fsp3) is 0.647. The first-order valence-corrected chi connectivity index (χ1v) is 7.53. The number of nitrogens with zero attached hydrogens (tertiary/aromatic N) is 1. The number of rotatable bonds is 5. The molecule has 1 aliphatic rings. The summed E-state index contributed by atoms with van der Waals surface area (Å²) in [6.07, 6.45) is 2.16. The van der Waals surface area contributed by atoms with Crippen molar-refractivity contribution in [3.8, 4) is 5.75 Å². The molecule has 0 spiro atoms. The zero-order valence-electron chi connectivity index (χ0n) is 12.7. The predicted octanol–water partition coefficient (Wildman–Crippen LogP) is 3.99. The number of hydrogen-bond acceptors (Lipinski definition) is 2. The Morgan fingerprint density at radius 1 is 1.16 bits per heavy atom. The van der Waals surface area contributed by atoms with Crippen LogP contribution in [0.25, 0.3) is 0 Å². The van der Waals surface area contributed by atoms with Gasteiger partial charge in [0.05, 0.1) is 0 Å². The Labute approximate surface area is 117 Å². The summed E-state index contributed by atoms with van der Waals surface area (Å²) in [4.78, 5) is 2.61. The van der Waals surface area contributed by atoms with E-state index in [1.807, 2.05) is 12.1 Å². The highest BCUT2D eigenvalue weighted by Gasteiger charge is 2.29. The van der Waals surface area contributed by atoms with Crippen molar-refractivity contribution in [3.05, 3.63) is 29.3 Å². The van der Waals surface area contributed by atoms with Gasteiger partial charge in [-0.05, 0) is 41.9 Å². The SMILES string of the molecule is CC(C)CN(CC(C)C)C1CCc2c(O)cccc21. The van der Waals surface area contributed by atoms with Gasteiger partial charge in [0.2, 0.25) is 0 Å². The van der Waals surface area contributed by atoms with E-state index in [1.165, 1.54) is 11.1 Å². The van der Waals surface area contributed by atoms with Gasteiger partial charge in [-0.25, -0.2) is 0 Å². The quantitative estimate of drug-likeness (QED) is 0.866. The van der Waals surface area contributed by atoms with Crippen molar-refractivity contribution in [1.29, 1.82) is 0 Å². The molecule has 0 bridgehead atoms. The molecule has 0 fully saturated rings. The first kappa shape index (κ1) is 14.4. The van der Waals surface area contributed by atoms with E-state index >= 15 is 0 Å². The van der Waals surface area contributed by atoms with Crippen molar-refractivity contribution in [3.63, 3.8) is 0 Å². The third-order valence-corrected chi connectivity index (χ3v) is 3.85. The molecule has 19 heavy (non-hydrogen) atoms. The number of hydrogen-bond donors (Lipinski definition) is 1. The molecule has 0 aliphatic heterocycles. The highest BCUT2D eigenvalue weighted by atomic mass is 16.3. The van der Waals surface area contributed by atoms with Crippen LogP contribution in [0.3, 0.4) is 0 Å². The van der Waals surface area contributed by atoms with E-state index in [0.29, 0.717) is 23.6 Å². The molecule has 1 unspecified atom stereocenters. The van der Waals surface area contributed by atoms with Crippen LogP contribution in [0.5, 0.6) is 5.75 Å². The molecule has 0 saturated carbocycles. The minimum atomic E-state index is 0.481. The Morgan fingerprint density at radius 2 is 1.79 bits per heavy atom. The topological polar surface area (TPSA) is 23.5 Å². The van der Waals surface area contributed by atoms with Crippen LogP contribution in [-0.2, 0) is 6.42 Å². The molecule has 1 aliphatic carbocycles. The van der Waals surface area contributed by atoms with E-state index in [4.69, 9.17) is 0 Å². The van der Waals surface area contributed by atoms with Crippen LogP contribution in [0, 0.1) is 11.8 Å².